The molecular weight excluding hydrogens is 374 g/mol. The molecule has 0 unspecified atom stereocenters. The van der Waals surface area contributed by atoms with Crippen molar-refractivity contribution in [1.29, 1.82) is 0 Å². The van der Waals surface area contributed by atoms with E-state index in [1.165, 1.54) is 0 Å². The minimum Gasteiger partial charge on any atom is -0.475 e. The summed E-state index contributed by atoms with van der Waals surface area (Å²) >= 11 is 3.33. The van der Waals surface area contributed by atoms with Gasteiger partial charge >= 0.3 is 0 Å². The lowest BCUT2D eigenvalue weighted by Crippen LogP contribution is -2.30. The van der Waals surface area contributed by atoms with Gasteiger partial charge in [0.2, 0.25) is 5.90 Å². The van der Waals surface area contributed by atoms with Gasteiger partial charge in [0.15, 0.2) is 0 Å². The molecule has 1 aromatic heterocycles. The minimum atomic E-state index is -1.26. The standard InChI is InChI=1S/C22H21NO2S2/c1-26-15-18-14-25-21(23-18)20-19(12-13-27-20)22(24,16-8-4-2-5-9-16)17-10-6-3-7-11-17/h2-13,18,24H,14-15H2,1H3/t18-/m1/s1. The largest absolute Gasteiger partial charge is 0.475 e. The van der Waals surface area contributed by atoms with Crippen LogP contribution in [0.4, 0.5) is 0 Å². The van der Waals surface area contributed by atoms with Gasteiger partial charge < -0.3 is 9.84 Å². The second kappa shape index (κ2) is 7.89. The van der Waals surface area contributed by atoms with Crippen molar-refractivity contribution in [2.24, 2.45) is 4.99 Å². The van der Waals surface area contributed by atoms with Crippen LogP contribution in [0.1, 0.15) is 21.6 Å². The van der Waals surface area contributed by atoms with E-state index in [0.717, 1.165) is 27.3 Å². The highest BCUT2D eigenvalue weighted by atomic mass is 32.2. The van der Waals surface area contributed by atoms with E-state index in [-0.39, 0.29) is 6.04 Å². The Kier molecular flexibility index (Phi) is 5.34. The topological polar surface area (TPSA) is 41.8 Å². The molecule has 1 aliphatic rings. The van der Waals surface area contributed by atoms with Crippen LogP contribution >= 0.6 is 23.1 Å². The molecule has 0 fully saturated rings. The fraction of sp³-hybridized carbons (Fsp3) is 0.227. The number of ether oxygens (including phenoxy) is 1. The minimum absolute atomic E-state index is 0.173. The average molecular weight is 396 g/mol. The van der Waals surface area contributed by atoms with Crippen LogP contribution in [0, 0.1) is 0 Å². The van der Waals surface area contributed by atoms with Gasteiger partial charge in [-0.1, -0.05) is 60.7 Å². The smallest absolute Gasteiger partial charge is 0.227 e. The van der Waals surface area contributed by atoms with E-state index in [9.17, 15) is 5.11 Å². The van der Waals surface area contributed by atoms with E-state index in [4.69, 9.17) is 9.73 Å². The molecule has 3 aromatic rings. The van der Waals surface area contributed by atoms with Crippen molar-refractivity contribution >= 4 is 29.0 Å². The summed E-state index contributed by atoms with van der Waals surface area (Å²) in [6.07, 6.45) is 2.08. The Morgan fingerprint density at radius 1 is 1.07 bits per heavy atom. The summed E-state index contributed by atoms with van der Waals surface area (Å²) in [6, 6.07) is 21.7. The van der Waals surface area contributed by atoms with Gasteiger partial charge in [0.25, 0.3) is 0 Å². The summed E-state index contributed by atoms with van der Waals surface area (Å²) in [5, 5.41) is 14.0. The fourth-order valence-corrected chi connectivity index (χ4v) is 4.86. The van der Waals surface area contributed by atoms with Crippen molar-refractivity contribution in [3.63, 3.8) is 0 Å². The second-order valence-corrected chi connectivity index (χ2v) is 8.29. The number of nitrogens with zero attached hydrogens (tertiary/aromatic N) is 1. The highest BCUT2D eigenvalue weighted by Gasteiger charge is 2.38. The molecule has 1 aliphatic heterocycles. The number of rotatable bonds is 6. The van der Waals surface area contributed by atoms with Crippen molar-refractivity contribution in [3.05, 3.63) is 93.7 Å². The highest BCUT2D eigenvalue weighted by Crippen LogP contribution is 2.40. The molecule has 4 rings (SSSR count). The molecule has 2 heterocycles. The first-order chi connectivity index (χ1) is 13.2. The Balaban J connectivity index is 1.84. The molecule has 0 saturated heterocycles. The number of aliphatic imine (C=N–C) groups is 1. The second-order valence-electron chi connectivity index (χ2n) is 6.46. The normalized spacial score (nSPS) is 16.8. The van der Waals surface area contributed by atoms with Crippen LogP contribution < -0.4 is 0 Å². The Labute approximate surface area is 167 Å². The van der Waals surface area contributed by atoms with Crippen LogP contribution in [0.15, 0.2) is 77.1 Å². The number of aliphatic hydroxyl groups is 1. The number of hydrogen-bond acceptors (Lipinski definition) is 5. The van der Waals surface area contributed by atoms with Crippen molar-refractivity contribution in [2.45, 2.75) is 11.6 Å². The maximum Gasteiger partial charge on any atom is 0.227 e. The van der Waals surface area contributed by atoms with Gasteiger partial charge in [-0.15, -0.1) is 11.3 Å². The van der Waals surface area contributed by atoms with Crippen molar-refractivity contribution in [3.8, 4) is 0 Å². The third-order valence-electron chi connectivity index (χ3n) is 4.70. The maximum atomic E-state index is 12.0. The predicted molar refractivity (Wildman–Crippen MR) is 114 cm³/mol. The van der Waals surface area contributed by atoms with E-state index >= 15 is 0 Å². The first-order valence-corrected chi connectivity index (χ1v) is 11.1. The molecule has 0 amide bonds. The fourth-order valence-electron chi connectivity index (χ4n) is 3.41. The van der Waals surface area contributed by atoms with E-state index in [0.29, 0.717) is 12.5 Å². The predicted octanol–water partition coefficient (Wildman–Crippen LogP) is 4.54. The van der Waals surface area contributed by atoms with Gasteiger partial charge in [0.05, 0.1) is 10.9 Å². The summed E-state index contributed by atoms with van der Waals surface area (Å²) in [6.45, 7) is 0.600. The average Bonchev–Trinajstić information content (AvgIpc) is 3.38. The summed E-state index contributed by atoms with van der Waals surface area (Å²) < 4.78 is 5.91. The lowest BCUT2D eigenvalue weighted by molar-refractivity contribution is 0.126. The van der Waals surface area contributed by atoms with Crippen LogP contribution in [0.25, 0.3) is 0 Å². The molecule has 2 aromatic carbocycles. The molecule has 138 valence electrons. The highest BCUT2D eigenvalue weighted by molar-refractivity contribution is 7.98. The van der Waals surface area contributed by atoms with Gasteiger partial charge in [0.1, 0.15) is 12.2 Å². The quantitative estimate of drug-likeness (QED) is 0.666. The van der Waals surface area contributed by atoms with E-state index in [1.54, 1.807) is 23.1 Å². The number of thioether (sulfide) groups is 1. The molecule has 0 aliphatic carbocycles. The van der Waals surface area contributed by atoms with Crippen LogP contribution in [-0.2, 0) is 10.3 Å². The molecular formula is C22H21NO2S2. The molecule has 5 heteroatoms. The Morgan fingerprint density at radius 3 is 2.30 bits per heavy atom. The SMILES string of the molecule is CSC[C@H]1COC(c2sccc2C(O)(c2ccccc2)c2ccccc2)=N1. The van der Waals surface area contributed by atoms with Crippen molar-refractivity contribution in [1.82, 2.24) is 0 Å². The molecule has 0 radical (unpaired) electrons. The van der Waals surface area contributed by atoms with Crippen molar-refractivity contribution < 1.29 is 9.84 Å². The summed E-state index contributed by atoms with van der Waals surface area (Å²) in [7, 11) is 0. The zero-order valence-electron chi connectivity index (χ0n) is 15.0. The zero-order valence-corrected chi connectivity index (χ0v) is 16.7. The van der Waals surface area contributed by atoms with Crippen molar-refractivity contribution in [2.75, 3.05) is 18.6 Å². The van der Waals surface area contributed by atoms with Gasteiger partial charge in [-0.05, 0) is 28.8 Å². The van der Waals surface area contributed by atoms with E-state index in [2.05, 4.69) is 6.26 Å². The molecule has 27 heavy (non-hydrogen) atoms. The molecule has 1 atom stereocenters. The molecule has 0 spiro atoms. The van der Waals surface area contributed by atoms with Crippen LogP contribution in [0.2, 0.25) is 0 Å². The maximum absolute atomic E-state index is 12.0. The van der Waals surface area contributed by atoms with Crippen LogP contribution in [0.5, 0.6) is 0 Å². The van der Waals surface area contributed by atoms with E-state index < -0.39 is 5.60 Å². The molecule has 0 bridgehead atoms. The van der Waals surface area contributed by atoms with Gasteiger partial charge in [-0.2, -0.15) is 11.8 Å². The number of hydrogen-bond donors (Lipinski definition) is 1. The van der Waals surface area contributed by atoms with Crippen LogP contribution in [0.3, 0.4) is 0 Å². The summed E-state index contributed by atoms with van der Waals surface area (Å²) in [5.41, 5.74) is 1.21. The van der Waals surface area contributed by atoms with Crippen LogP contribution in [-0.4, -0.2) is 35.7 Å². The first-order valence-electron chi connectivity index (χ1n) is 8.84. The third kappa shape index (κ3) is 3.43. The lowest BCUT2D eigenvalue weighted by atomic mass is 9.80. The van der Waals surface area contributed by atoms with Gasteiger partial charge in [-0.3, -0.25) is 0 Å². The summed E-state index contributed by atoms with van der Waals surface area (Å²) in [4.78, 5) is 5.65. The lowest BCUT2D eigenvalue weighted by Gasteiger charge is -2.30. The van der Waals surface area contributed by atoms with E-state index in [1.807, 2.05) is 72.1 Å². The molecule has 3 nitrogen and oxygen atoms in total. The Bertz CT molecular complexity index is 882. The Morgan fingerprint density at radius 2 is 1.70 bits per heavy atom. The number of thiophene rings is 1. The molecule has 1 N–H and O–H groups in total. The Hall–Kier alpha value is -2.08. The van der Waals surface area contributed by atoms with Gasteiger partial charge in [-0.25, -0.2) is 4.99 Å². The first kappa shape index (κ1) is 18.3. The monoisotopic (exact) mass is 395 g/mol. The number of benzene rings is 2. The summed E-state index contributed by atoms with van der Waals surface area (Å²) in [5.74, 6) is 1.58. The third-order valence-corrected chi connectivity index (χ3v) is 6.32. The zero-order chi connectivity index (χ0) is 18.7. The van der Waals surface area contributed by atoms with Gasteiger partial charge in [0, 0.05) is 11.3 Å². The molecule has 0 saturated carbocycles.